The molecule has 0 bridgehead atoms. The van der Waals surface area contributed by atoms with Gasteiger partial charge < -0.3 is 10.0 Å². The summed E-state index contributed by atoms with van der Waals surface area (Å²) in [6.07, 6.45) is 0. The van der Waals surface area contributed by atoms with E-state index in [2.05, 4.69) is 129 Å². The molecule has 1 N–H and O–H groups in total. The molecule has 7 rings (SSSR count). The Kier molecular flexibility index (Phi) is 5.98. The highest BCUT2D eigenvalue weighted by atomic mass is 16.4. The summed E-state index contributed by atoms with van der Waals surface area (Å²) in [5, 5.41) is 11.7. The van der Waals surface area contributed by atoms with E-state index >= 15 is 0 Å². The zero-order valence-electron chi connectivity index (χ0n) is 23.9. The number of fused-ring (bicyclic) bond motifs is 4. The minimum absolute atomic E-state index is 0.0983. The van der Waals surface area contributed by atoms with Crippen LogP contribution in [0.4, 0.5) is 17.1 Å². The Morgan fingerprint density at radius 1 is 0.619 bits per heavy atom. The molecule has 6 aromatic carbocycles. The second kappa shape index (κ2) is 9.74. The molecular formula is C39H31NO2. The van der Waals surface area contributed by atoms with Crippen LogP contribution in [0.2, 0.25) is 0 Å². The fourth-order valence-corrected chi connectivity index (χ4v) is 6.50. The van der Waals surface area contributed by atoms with Crippen LogP contribution in [-0.2, 0) is 5.41 Å². The summed E-state index contributed by atoms with van der Waals surface area (Å²) in [6.45, 7) is 6.81. The molecule has 0 unspecified atom stereocenters. The second-order valence-corrected chi connectivity index (χ2v) is 11.6. The van der Waals surface area contributed by atoms with Crippen molar-refractivity contribution >= 4 is 33.8 Å². The highest BCUT2D eigenvalue weighted by molar-refractivity contribution is 5.93. The van der Waals surface area contributed by atoms with Crippen molar-refractivity contribution in [3.63, 3.8) is 0 Å². The molecule has 204 valence electrons. The average molecular weight is 546 g/mol. The minimum atomic E-state index is -0.918. The fraction of sp³-hybridized carbons (Fsp3) is 0.103. The van der Waals surface area contributed by atoms with Gasteiger partial charge in [-0.2, -0.15) is 0 Å². The lowest BCUT2D eigenvalue weighted by molar-refractivity contribution is 0.0697. The first-order valence-corrected chi connectivity index (χ1v) is 14.3. The van der Waals surface area contributed by atoms with Crippen LogP contribution in [0.25, 0.3) is 33.0 Å². The third-order valence-corrected chi connectivity index (χ3v) is 8.73. The van der Waals surface area contributed by atoms with Gasteiger partial charge in [-0.15, -0.1) is 0 Å². The monoisotopic (exact) mass is 545 g/mol. The van der Waals surface area contributed by atoms with E-state index in [0.29, 0.717) is 0 Å². The molecule has 0 spiro atoms. The number of carbonyl (C=O) groups is 1. The Morgan fingerprint density at radius 3 is 1.98 bits per heavy atom. The molecule has 6 aromatic rings. The average Bonchev–Trinajstić information content (AvgIpc) is 3.24. The van der Waals surface area contributed by atoms with E-state index in [9.17, 15) is 9.90 Å². The van der Waals surface area contributed by atoms with Gasteiger partial charge in [-0.1, -0.05) is 92.7 Å². The number of aryl methyl sites for hydroxylation is 1. The summed E-state index contributed by atoms with van der Waals surface area (Å²) >= 11 is 0. The maximum atomic E-state index is 11.3. The first kappa shape index (κ1) is 25.8. The lowest BCUT2D eigenvalue weighted by Gasteiger charge is -2.29. The van der Waals surface area contributed by atoms with Crippen LogP contribution in [0, 0.1) is 6.92 Å². The SMILES string of the molecule is Cc1cc(N(c2ccc(-c3ccc(C(=O)O)cc3)cc2)c2ccc3c(c2)C(C)(C)c2ccccc2-3)cc2ccccc12. The van der Waals surface area contributed by atoms with Crippen molar-refractivity contribution in [2.24, 2.45) is 0 Å². The molecule has 0 heterocycles. The summed E-state index contributed by atoms with van der Waals surface area (Å²) < 4.78 is 0. The van der Waals surface area contributed by atoms with E-state index in [-0.39, 0.29) is 11.0 Å². The maximum absolute atomic E-state index is 11.3. The number of hydrogen-bond acceptors (Lipinski definition) is 2. The van der Waals surface area contributed by atoms with Gasteiger partial charge in [-0.05, 0) is 105 Å². The van der Waals surface area contributed by atoms with Gasteiger partial charge in [-0.3, -0.25) is 0 Å². The molecule has 42 heavy (non-hydrogen) atoms. The van der Waals surface area contributed by atoms with Gasteiger partial charge in [0, 0.05) is 22.5 Å². The number of benzene rings is 6. The Morgan fingerprint density at radius 2 is 1.24 bits per heavy atom. The largest absolute Gasteiger partial charge is 0.478 e. The topological polar surface area (TPSA) is 40.5 Å². The van der Waals surface area contributed by atoms with Crippen LogP contribution >= 0.6 is 0 Å². The lowest BCUT2D eigenvalue weighted by atomic mass is 9.82. The van der Waals surface area contributed by atoms with Crippen LogP contribution in [0.3, 0.4) is 0 Å². The predicted octanol–water partition coefficient (Wildman–Crippen LogP) is 10.3. The number of hydrogen-bond donors (Lipinski definition) is 1. The smallest absolute Gasteiger partial charge is 0.335 e. The second-order valence-electron chi connectivity index (χ2n) is 11.6. The zero-order valence-corrected chi connectivity index (χ0v) is 23.9. The molecule has 3 heteroatoms. The van der Waals surface area contributed by atoms with Crippen molar-refractivity contribution in [2.45, 2.75) is 26.2 Å². The molecule has 0 atom stereocenters. The van der Waals surface area contributed by atoms with Gasteiger partial charge in [-0.25, -0.2) is 4.79 Å². The van der Waals surface area contributed by atoms with Gasteiger partial charge >= 0.3 is 5.97 Å². The Balaban J connectivity index is 1.37. The van der Waals surface area contributed by atoms with E-state index in [1.54, 1.807) is 12.1 Å². The molecule has 1 aliphatic rings. The van der Waals surface area contributed by atoms with Crippen molar-refractivity contribution in [3.8, 4) is 22.3 Å². The van der Waals surface area contributed by atoms with Crippen molar-refractivity contribution < 1.29 is 9.90 Å². The maximum Gasteiger partial charge on any atom is 0.335 e. The molecule has 0 radical (unpaired) electrons. The highest BCUT2D eigenvalue weighted by Crippen LogP contribution is 2.50. The third-order valence-electron chi connectivity index (χ3n) is 8.73. The first-order chi connectivity index (χ1) is 20.3. The van der Waals surface area contributed by atoms with E-state index < -0.39 is 5.97 Å². The first-order valence-electron chi connectivity index (χ1n) is 14.3. The molecule has 0 aromatic heterocycles. The van der Waals surface area contributed by atoms with Crippen LogP contribution in [0.5, 0.6) is 0 Å². The van der Waals surface area contributed by atoms with Crippen molar-refractivity contribution in [3.05, 3.63) is 150 Å². The number of nitrogens with zero attached hydrogens (tertiary/aromatic N) is 1. The minimum Gasteiger partial charge on any atom is -0.478 e. The third kappa shape index (κ3) is 4.17. The normalized spacial score (nSPS) is 13.0. The number of anilines is 3. The van der Waals surface area contributed by atoms with Gasteiger partial charge in [0.15, 0.2) is 0 Å². The summed E-state index contributed by atoms with van der Waals surface area (Å²) in [4.78, 5) is 13.7. The number of aromatic carboxylic acids is 1. The van der Waals surface area contributed by atoms with Crippen LogP contribution in [-0.4, -0.2) is 11.1 Å². The Hall–Kier alpha value is -5.15. The van der Waals surface area contributed by atoms with Gasteiger partial charge in [0.25, 0.3) is 0 Å². The Bertz CT molecular complexity index is 1990. The molecule has 0 aliphatic heterocycles. The highest BCUT2D eigenvalue weighted by Gasteiger charge is 2.35. The van der Waals surface area contributed by atoms with E-state index in [1.807, 2.05) is 12.1 Å². The van der Waals surface area contributed by atoms with Crippen molar-refractivity contribution in [1.29, 1.82) is 0 Å². The van der Waals surface area contributed by atoms with Crippen LogP contribution < -0.4 is 4.90 Å². The molecular weight excluding hydrogens is 514 g/mol. The van der Waals surface area contributed by atoms with Crippen molar-refractivity contribution in [2.75, 3.05) is 4.90 Å². The summed E-state index contributed by atoms with van der Waals surface area (Å²) in [5.74, 6) is -0.918. The number of carboxylic acids is 1. The van der Waals surface area contributed by atoms with E-state index in [1.165, 1.54) is 38.6 Å². The zero-order chi connectivity index (χ0) is 29.0. The summed E-state index contributed by atoms with van der Waals surface area (Å²) in [6, 6.07) is 44.3. The van der Waals surface area contributed by atoms with Gasteiger partial charge in [0.05, 0.1) is 5.56 Å². The molecule has 3 nitrogen and oxygen atoms in total. The lowest BCUT2D eigenvalue weighted by Crippen LogP contribution is -2.16. The number of rotatable bonds is 5. The van der Waals surface area contributed by atoms with Crippen LogP contribution in [0.15, 0.2) is 127 Å². The predicted molar refractivity (Wildman–Crippen MR) is 173 cm³/mol. The van der Waals surface area contributed by atoms with Gasteiger partial charge in [0.2, 0.25) is 0 Å². The summed E-state index contributed by atoms with van der Waals surface area (Å²) in [5.41, 5.74) is 12.0. The quantitative estimate of drug-likeness (QED) is 0.234. The Labute approximate surface area is 246 Å². The molecule has 0 saturated carbocycles. The van der Waals surface area contributed by atoms with Crippen molar-refractivity contribution in [1.82, 2.24) is 0 Å². The standard InChI is InChI=1S/C39H31NO2/c1-25-22-32(23-29-8-4-5-9-33(25)29)40(30-18-16-27(17-19-30)26-12-14-28(15-13-26)38(41)42)31-20-21-35-34-10-6-7-11-36(34)39(2,3)37(35)24-31/h4-24H,1-3H3,(H,41,42). The van der Waals surface area contributed by atoms with Gasteiger partial charge in [0.1, 0.15) is 0 Å². The van der Waals surface area contributed by atoms with E-state index in [0.717, 1.165) is 28.2 Å². The van der Waals surface area contributed by atoms with E-state index in [4.69, 9.17) is 0 Å². The van der Waals surface area contributed by atoms with Crippen LogP contribution in [0.1, 0.15) is 40.9 Å². The molecule has 0 saturated heterocycles. The summed E-state index contributed by atoms with van der Waals surface area (Å²) in [7, 11) is 0. The number of carboxylic acid groups (broad SMARTS) is 1. The molecule has 1 aliphatic carbocycles. The molecule has 0 amide bonds. The molecule has 0 fully saturated rings. The fourth-order valence-electron chi connectivity index (χ4n) is 6.50.